The van der Waals surface area contributed by atoms with Crippen molar-refractivity contribution in [2.75, 3.05) is 5.32 Å². The smallest absolute Gasteiger partial charge is 0.254 e. The Bertz CT molecular complexity index is 600. The van der Waals surface area contributed by atoms with Crippen LogP contribution in [0.1, 0.15) is 38.3 Å². The summed E-state index contributed by atoms with van der Waals surface area (Å²) < 4.78 is 1.71. The molecule has 1 fully saturated rings. The van der Waals surface area contributed by atoms with Gasteiger partial charge in [0, 0.05) is 12.0 Å². The van der Waals surface area contributed by atoms with Crippen LogP contribution < -0.4 is 5.32 Å². The summed E-state index contributed by atoms with van der Waals surface area (Å²) in [4.78, 5) is 20.1. The summed E-state index contributed by atoms with van der Waals surface area (Å²) in [7, 11) is 0. The Hall–Kier alpha value is -1.98. The Labute approximate surface area is 104 Å². The average Bonchev–Trinajstić information content (AvgIpc) is 3.07. The molecule has 0 aromatic carbocycles. The van der Waals surface area contributed by atoms with Crippen LogP contribution in [0.25, 0.3) is 5.78 Å². The lowest BCUT2D eigenvalue weighted by molar-refractivity contribution is -0.117. The van der Waals surface area contributed by atoms with Crippen molar-refractivity contribution in [1.82, 2.24) is 19.6 Å². The number of nitrogens with one attached hydrogen (secondary N) is 1. The Kier molecular flexibility index (Phi) is 2.50. The van der Waals surface area contributed by atoms with Gasteiger partial charge in [0.2, 0.25) is 5.91 Å². The zero-order valence-electron chi connectivity index (χ0n) is 10.4. The van der Waals surface area contributed by atoms with E-state index < -0.39 is 0 Å². The van der Waals surface area contributed by atoms with Gasteiger partial charge >= 0.3 is 0 Å². The van der Waals surface area contributed by atoms with Gasteiger partial charge in [-0.3, -0.25) is 4.79 Å². The molecule has 94 valence electrons. The minimum atomic E-state index is 0.0565. The quantitative estimate of drug-likeness (QED) is 0.891. The second-order valence-corrected chi connectivity index (χ2v) is 4.96. The highest BCUT2D eigenvalue weighted by molar-refractivity contribution is 5.93. The second-order valence-electron chi connectivity index (χ2n) is 4.96. The predicted molar refractivity (Wildman–Crippen MR) is 66.2 cm³/mol. The van der Waals surface area contributed by atoms with Gasteiger partial charge in [0.1, 0.15) is 12.1 Å². The number of rotatable bonds is 3. The van der Waals surface area contributed by atoms with E-state index in [0.29, 0.717) is 11.6 Å². The Morgan fingerprint density at radius 1 is 1.50 bits per heavy atom. The van der Waals surface area contributed by atoms with Crippen molar-refractivity contribution in [3.8, 4) is 0 Å². The number of aromatic nitrogens is 4. The van der Waals surface area contributed by atoms with Gasteiger partial charge in [-0.05, 0) is 18.8 Å². The molecule has 0 spiro atoms. The molecule has 2 heterocycles. The van der Waals surface area contributed by atoms with Gasteiger partial charge in [-0.25, -0.2) is 4.52 Å². The van der Waals surface area contributed by atoms with Crippen LogP contribution in [0.4, 0.5) is 5.82 Å². The van der Waals surface area contributed by atoms with Gasteiger partial charge in [0.05, 0.1) is 5.69 Å². The van der Waals surface area contributed by atoms with E-state index in [1.165, 1.54) is 6.33 Å². The van der Waals surface area contributed by atoms with E-state index in [0.717, 1.165) is 18.5 Å². The van der Waals surface area contributed by atoms with E-state index in [2.05, 4.69) is 34.2 Å². The number of hydrogen-bond acceptors (Lipinski definition) is 4. The molecule has 1 N–H and O–H groups in total. The van der Waals surface area contributed by atoms with Gasteiger partial charge in [-0.15, -0.1) is 0 Å². The molecule has 0 saturated heterocycles. The van der Waals surface area contributed by atoms with Crippen LogP contribution >= 0.6 is 0 Å². The molecule has 2 aromatic rings. The highest BCUT2D eigenvalue weighted by Gasteiger charge is 2.30. The van der Waals surface area contributed by atoms with Crippen molar-refractivity contribution >= 4 is 17.5 Å². The summed E-state index contributed by atoms with van der Waals surface area (Å²) in [5, 5.41) is 6.99. The van der Waals surface area contributed by atoms with Gasteiger partial charge in [-0.2, -0.15) is 15.1 Å². The van der Waals surface area contributed by atoms with Crippen molar-refractivity contribution < 1.29 is 4.79 Å². The van der Waals surface area contributed by atoms with E-state index >= 15 is 0 Å². The number of anilines is 1. The standard InChI is InChI=1S/C12H15N5O/c1-7(2)9-5-10(15-11(18)8-3-4-8)16-12-13-6-14-17(9)12/h5-8H,3-4H2,1-2H3,(H,13,14,15,16,18). The van der Waals surface area contributed by atoms with E-state index in [1.807, 2.05) is 6.07 Å². The second kappa shape index (κ2) is 4.04. The summed E-state index contributed by atoms with van der Waals surface area (Å²) in [6.45, 7) is 4.14. The molecule has 0 radical (unpaired) electrons. The summed E-state index contributed by atoms with van der Waals surface area (Å²) in [5.74, 6) is 1.60. The highest BCUT2D eigenvalue weighted by Crippen LogP contribution is 2.30. The Balaban J connectivity index is 1.98. The zero-order chi connectivity index (χ0) is 12.7. The summed E-state index contributed by atoms with van der Waals surface area (Å²) in [6.07, 6.45) is 3.44. The number of fused-ring (bicyclic) bond motifs is 1. The molecule has 3 rings (SSSR count). The normalized spacial score (nSPS) is 15.3. The molecule has 0 aliphatic heterocycles. The van der Waals surface area contributed by atoms with Crippen molar-refractivity contribution in [2.24, 2.45) is 5.92 Å². The Morgan fingerprint density at radius 2 is 2.28 bits per heavy atom. The van der Waals surface area contributed by atoms with E-state index in [-0.39, 0.29) is 17.7 Å². The van der Waals surface area contributed by atoms with Crippen molar-refractivity contribution in [3.05, 3.63) is 18.1 Å². The van der Waals surface area contributed by atoms with Crippen molar-refractivity contribution in [3.63, 3.8) is 0 Å². The first-order valence-corrected chi connectivity index (χ1v) is 6.16. The molecule has 1 saturated carbocycles. The van der Waals surface area contributed by atoms with E-state index in [4.69, 9.17) is 0 Å². The average molecular weight is 245 g/mol. The number of carbonyl (C=O) groups excluding carboxylic acids is 1. The summed E-state index contributed by atoms with van der Waals surface area (Å²) in [6, 6.07) is 1.87. The molecule has 18 heavy (non-hydrogen) atoms. The van der Waals surface area contributed by atoms with Crippen LogP contribution in [0, 0.1) is 5.92 Å². The first-order valence-electron chi connectivity index (χ1n) is 6.16. The van der Waals surface area contributed by atoms with Gasteiger partial charge in [0.25, 0.3) is 5.78 Å². The number of hydrogen-bond donors (Lipinski definition) is 1. The van der Waals surface area contributed by atoms with Crippen molar-refractivity contribution in [2.45, 2.75) is 32.6 Å². The topological polar surface area (TPSA) is 72.2 Å². The van der Waals surface area contributed by atoms with Crippen LogP contribution in [0.15, 0.2) is 12.4 Å². The minimum Gasteiger partial charge on any atom is -0.310 e. The number of nitrogens with zero attached hydrogens (tertiary/aromatic N) is 4. The lowest BCUT2D eigenvalue weighted by atomic mass is 10.1. The lowest BCUT2D eigenvalue weighted by Crippen LogP contribution is -2.16. The highest BCUT2D eigenvalue weighted by atomic mass is 16.2. The molecule has 1 aliphatic rings. The predicted octanol–water partition coefficient (Wildman–Crippen LogP) is 1.60. The van der Waals surface area contributed by atoms with Crippen molar-refractivity contribution in [1.29, 1.82) is 0 Å². The molecule has 2 aromatic heterocycles. The van der Waals surface area contributed by atoms with Crippen LogP contribution in [-0.4, -0.2) is 25.5 Å². The van der Waals surface area contributed by atoms with Crippen LogP contribution in [0.3, 0.4) is 0 Å². The molecule has 0 unspecified atom stereocenters. The molecular weight excluding hydrogens is 230 g/mol. The maximum absolute atomic E-state index is 11.7. The molecule has 0 atom stereocenters. The van der Waals surface area contributed by atoms with E-state index in [9.17, 15) is 4.79 Å². The fourth-order valence-electron chi connectivity index (χ4n) is 1.88. The molecule has 0 bridgehead atoms. The largest absolute Gasteiger partial charge is 0.310 e. The minimum absolute atomic E-state index is 0.0565. The third-order valence-corrected chi connectivity index (χ3v) is 3.07. The summed E-state index contributed by atoms with van der Waals surface area (Å²) in [5.41, 5.74) is 0.989. The molecular formula is C12H15N5O. The lowest BCUT2D eigenvalue weighted by Gasteiger charge is -2.10. The van der Waals surface area contributed by atoms with Crippen LogP contribution in [-0.2, 0) is 4.79 Å². The van der Waals surface area contributed by atoms with E-state index in [1.54, 1.807) is 4.52 Å². The van der Waals surface area contributed by atoms with Gasteiger partial charge in [0.15, 0.2) is 0 Å². The first-order chi connectivity index (χ1) is 8.65. The fraction of sp³-hybridized carbons (Fsp3) is 0.500. The van der Waals surface area contributed by atoms with Gasteiger partial charge < -0.3 is 5.32 Å². The molecule has 1 aliphatic carbocycles. The number of carbonyl (C=O) groups is 1. The third kappa shape index (κ3) is 1.94. The molecule has 6 nitrogen and oxygen atoms in total. The Morgan fingerprint density at radius 3 is 2.94 bits per heavy atom. The SMILES string of the molecule is CC(C)c1cc(NC(=O)C2CC2)nc2ncnn12. The zero-order valence-corrected chi connectivity index (χ0v) is 10.4. The third-order valence-electron chi connectivity index (χ3n) is 3.07. The number of amides is 1. The first kappa shape index (κ1) is 11.1. The fourth-order valence-corrected chi connectivity index (χ4v) is 1.88. The molecule has 6 heteroatoms. The molecule has 1 amide bonds. The van der Waals surface area contributed by atoms with Crippen LogP contribution in [0.2, 0.25) is 0 Å². The summed E-state index contributed by atoms with van der Waals surface area (Å²) >= 11 is 0. The maximum atomic E-state index is 11.7. The monoisotopic (exact) mass is 245 g/mol. The van der Waals surface area contributed by atoms with Gasteiger partial charge in [-0.1, -0.05) is 13.8 Å². The maximum Gasteiger partial charge on any atom is 0.254 e. The van der Waals surface area contributed by atoms with Crippen LogP contribution in [0.5, 0.6) is 0 Å².